The first-order valence-corrected chi connectivity index (χ1v) is 9.37. The second-order valence-corrected chi connectivity index (χ2v) is 7.09. The van der Waals surface area contributed by atoms with E-state index < -0.39 is 0 Å². The number of carbonyl (C=O) groups is 1. The monoisotopic (exact) mass is 377 g/mol. The van der Waals surface area contributed by atoms with Crippen LogP contribution in [0.4, 0.5) is 5.69 Å². The molecule has 0 fully saturated rings. The van der Waals surface area contributed by atoms with E-state index in [1.807, 2.05) is 59.5 Å². The second-order valence-electron chi connectivity index (χ2n) is 6.65. The highest BCUT2D eigenvalue weighted by Crippen LogP contribution is 2.30. The first-order valence-electron chi connectivity index (χ1n) is 8.99. The number of benzene rings is 2. The average molecular weight is 378 g/mol. The molecule has 136 valence electrons. The van der Waals surface area contributed by atoms with E-state index >= 15 is 0 Å². The van der Waals surface area contributed by atoms with Gasteiger partial charge < -0.3 is 10.2 Å². The maximum absolute atomic E-state index is 13.0. The molecule has 3 aromatic rings. The van der Waals surface area contributed by atoms with Crippen molar-refractivity contribution in [2.45, 2.75) is 19.5 Å². The lowest BCUT2D eigenvalue weighted by atomic mass is 10.1. The summed E-state index contributed by atoms with van der Waals surface area (Å²) in [4.78, 5) is 18.9. The van der Waals surface area contributed by atoms with Crippen LogP contribution >= 0.6 is 11.6 Å². The smallest absolute Gasteiger partial charge is 0.256 e. The normalized spacial score (nSPS) is 12.9. The van der Waals surface area contributed by atoms with Gasteiger partial charge in [-0.3, -0.25) is 9.78 Å². The molecule has 0 spiro atoms. The van der Waals surface area contributed by atoms with Gasteiger partial charge in [0.2, 0.25) is 0 Å². The summed E-state index contributed by atoms with van der Waals surface area (Å²) >= 11 is 5.94. The molecule has 0 radical (unpaired) electrons. The number of carbonyl (C=O) groups excluding carboxylic acids is 1. The van der Waals surface area contributed by atoms with Crippen LogP contribution in [0.25, 0.3) is 0 Å². The summed E-state index contributed by atoms with van der Waals surface area (Å²) in [5.74, 6) is 0.0943. The van der Waals surface area contributed by atoms with Crippen LogP contribution in [-0.2, 0) is 19.5 Å². The topological polar surface area (TPSA) is 45.2 Å². The number of amides is 1. The number of hydrogen-bond donors (Lipinski definition) is 1. The molecule has 0 aliphatic carbocycles. The quantitative estimate of drug-likeness (QED) is 0.685. The Balaban J connectivity index is 1.44. The van der Waals surface area contributed by atoms with E-state index in [0.29, 0.717) is 19.6 Å². The maximum atomic E-state index is 13.0. The van der Waals surface area contributed by atoms with Crippen LogP contribution in [0.2, 0.25) is 5.02 Å². The van der Waals surface area contributed by atoms with Gasteiger partial charge in [0.15, 0.2) is 0 Å². The summed E-state index contributed by atoms with van der Waals surface area (Å²) in [5.41, 5.74) is 5.08. The number of fused-ring (bicyclic) bond motifs is 1. The molecule has 1 N–H and O–H groups in total. The van der Waals surface area contributed by atoms with Gasteiger partial charge in [0, 0.05) is 42.7 Å². The highest BCUT2D eigenvalue weighted by atomic mass is 35.5. The Bertz CT molecular complexity index is 942. The summed E-state index contributed by atoms with van der Waals surface area (Å²) < 4.78 is 0. The van der Waals surface area contributed by atoms with Crippen LogP contribution in [0.3, 0.4) is 0 Å². The molecular formula is C22H20ClN3O. The van der Waals surface area contributed by atoms with Gasteiger partial charge in [-0.05, 0) is 53.4 Å². The molecule has 2 heterocycles. The molecule has 27 heavy (non-hydrogen) atoms. The van der Waals surface area contributed by atoms with Crippen LogP contribution in [-0.4, -0.2) is 22.3 Å². The number of halogens is 1. The summed E-state index contributed by atoms with van der Waals surface area (Å²) in [5, 5.41) is 4.13. The Morgan fingerprint density at radius 1 is 1.00 bits per heavy atom. The fourth-order valence-corrected chi connectivity index (χ4v) is 3.49. The van der Waals surface area contributed by atoms with Crippen LogP contribution < -0.4 is 5.32 Å². The zero-order valence-electron chi connectivity index (χ0n) is 14.9. The third kappa shape index (κ3) is 3.96. The van der Waals surface area contributed by atoms with E-state index in [-0.39, 0.29) is 5.91 Å². The van der Waals surface area contributed by atoms with Crippen LogP contribution in [0.5, 0.6) is 0 Å². The van der Waals surface area contributed by atoms with E-state index in [1.165, 1.54) is 5.56 Å². The number of nitrogens with zero attached hydrogens (tertiary/aromatic N) is 2. The van der Waals surface area contributed by atoms with Crippen molar-refractivity contribution in [2.75, 3.05) is 11.9 Å². The third-order valence-corrected chi connectivity index (χ3v) is 5.08. The van der Waals surface area contributed by atoms with Crippen molar-refractivity contribution >= 4 is 23.2 Å². The molecule has 0 atom stereocenters. The van der Waals surface area contributed by atoms with Crippen molar-refractivity contribution in [3.8, 4) is 0 Å². The van der Waals surface area contributed by atoms with E-state index in [0.717, 1.165) is 33.8 Å². The van der Waals surface area contributed by atoms with E-state index in [4.69, 9.17) is 11.6 Å². The zero-order chi connectivity index (χ0) is 18.6. The summed E-state index contributed by atoms with van der Waals surface area (Å²) in [6, 6.07) is 17.7. The summed E-state index contributed by atoms with van der Waals surface area (Å²) in [6.45, 7) is 2.02. The van der Waals surface area contributed by atoms with Crippen LogP contribution in [0.15, 0.2) is 67.0 Å². The van der Waals surface area contributed by atoms with Crippen molar-refractivity contribution in [1.82, 2.24) is 9.88 Å². The molecule has 5 heteroatoms. The molecule has 0 saturated heterocycles. The first kappa shape index (κ1) is 17.6. The van der Waals surface area contributed by atoms with E-state index in [2.05, 4.69) is 10.3 Å². The molecule has 1 aliphatic rings. The first-order chi connectivity index (χ1) is 13.2. The van der Waals surface area contributed by atoms with Crippen molar-refractivity contribution in [3.05, 3.63) is 94.3 Å². The number of aromatic nitrogens is 1. The number of anilines is 1. The number of nitrogens with one attached hydrogen (secondary N) is 1. The molecule has 4 rings (SSSR count). The van der Waals surface area contributed by atoms with Crippen molar-refractivity contribution in [2.24, 2.45) is 0 Å². The van der Waals surface area contributed by atoms with Gasteiger partial charge in [-0.1, -0.05) is 35.9 Å². The highest BCUT2D eigenvalue weighted by Gasteiger charge is 2.29. The number of rotatable bonds is 6. The summed E-state index contributed by atoms with van der Waals surface area (Å²) in [7, 11) is 0. The van der Waals surface area contributed by atoms with Gasteiger partial charge in [0.05, 0.1) is 5.56 Å². The minimum atomic E-state index is 0.0943. The maximum Gasteiger partial charge on any atom is 0.256 e. The van der Waals surface area contributed by atoms with Crippen molar-refractivity contribution in [3.63, 3.8) is 0 Å². The lowest BCUT2D eigenvalue weighted by molar-refractivity contribution is 0.0781. The van der Waals surface area contributed by atoms with Gasteiger partial charge in [0.1, 0.15) is 0 Å². The molecule has 1 amide bonds. The fraction of sp³-hybridized carbons (Fsp3) is 0.182. The fourth-order valence-electron chi connectivity index (χ4n) is 3.36. The number of hydrogen-bond acceptors (Lipinski definition) is 3. The van der Waals surface area contributed by atoms with E-state index in [1.54, 1.807) is 12.4 Å². The van der Waals surface area contributed by atoms with Crippen molar-refractivity contribution in [1.29, 1.82) is 0 Å². The van der Waals surface area contributed by atoms with Crippen LogP contribution in [0, 0.1) is 0 Å². The van der Waals surface area contributed by atoms with Gasteiger partial charge in [0.25, 0.3) is 5.91 Å². The average Bonchev–Trinajstić information content (AvgIpc) is 3.03. The van der Waals surface area contributed by atoms with Gasteiger partial charge in [-0.25, -0.2) is 0 Å². The van der Waals surface area contributed by atoms with Crippen molar-refractivity contribution < 1.29 is 4.79 Å². The molecule has 1 aromatic heterocycles. The minimum absolute atomic E-state index is 0.0943. The van der Waals surface area contributed by atoms with Gasteiger partial charge in [-0.2, -0.15) is 0 Å². The van der Waals surface area contributed by atoms with Gasteiger partial charge in [-0.15, -0.1) is 0 Å². The standard InChI is InChI=1S/C22H20ClN3O/c23-19-6-4-16(5-7-19)10-13-26-15-18-2-1-3-20(21(18)22(26)27)25-14-17-8-11-24-12-9-17/h1-9,11-12,25H,10,13-15H2. The molecule has 1 aliphatic heterocycles. The van der Waals surface area contributed by atoms with Gasteiger partial charge >= 0.3 is 0 Å². The molecule has 0 unspecified atom stereocenters. The van der Waals surface area contributed by atoms with E-state index in [9.17, 15) is 4.79 Å². The predicted molar refractivity (Wildman–Crippen MR) is 108 cm³/mol. The summed E-state index contributed by atoms with van der Waals surface area (Å²) in [6.07, 6.45) is 4.36. The minimum Gasteiger partial charge on any atom is -0.380 e. The number of pyridine rings is 1. The molecule has 0 bridgehead atoms. The van der Waals surface area contributed by atoms with Crippen LogP contribution in [0.1, 0.15) is 27.0 Å². The second kappa shape index (κ2) is 7.80. The Morgan fingerprint density at radius 2 is 1.78 bits per heavy atom. The molecule has 2 aromatic carbocycles. The lowest BCUT2D eigenvalue weighted by Crippen LogP contribution is -2.26. The highest BCUT2D eigenvalue weighted by molar-refractivity contribution is 6.30. The molecule has 0 saturated carbocycles. The largest absolute Gasteiger partial charge is 0.380 e. The molecular weight excluding hydrogens is 358 g/mol. The Kier molecular flexibility index (Phi) is 5.07. The Morgan fingerprint density at radius 3 is 2.56 bits per heavy atom. The Hall–Kier alpha value is -2.85. The Labute approximate surface area is 163 Å². The third-order valence-electron chi connectivity index (χ3n) is 4.83. The zero-order valence-corrected chi connectivity index (χ0v) is 15.6. The lowest BCUT2D eigenvalue weighted by Gasteiger charge is -2.16. The molecule has 4 nitrogen and oxygen atoms in total. The SMILES string of the molecule is O=C1c2c(cccc2NCc2ccncc2)CN1CCc1ccc(Cl)cc1. The predicted octanol–water partition coefficient (Wildman–Crippen LogP) is 4.55.